The van der Waals surface area contributed by atoms with Crippen LogP contribution in [0.25, 0.3) is 6.08 Å². The summed E-state index contributed by atoms with van der Waals surface area (Å²) in [6, 6.07) is 0. The number of ketones is 1. The lowest BCUT2D eigenvalue weighted by molar-refractivity contribution is -0.112. The second kappa shape index (κ2) is 3.64. The van der Waals surface area contributed by atoms with Gasteiger partial charge in [0.1, 0.15) is 9.34 Å². The number of carbonyl (C=O) groups is 1. The zero-order valence-electron chi connectivity index (χ0n) is 5.87. The van der Waals surface area contributed by atoms with Gasteiger partial charge in [-0.05, 0) is 19.1 Å². The fraction of sp³-hybridized carbons (Fsp3) is 0.143. The molecule has 1 aromatic rings. The standard InChI is InChI=1S/C7H6ClNOS/c1-5(10)2-3-7-9-4-6(8)11-7/h2-4H,1H3/b3-2+. The van der Waals surface area contributed by atoms with Crippen LogP contribution in [0.15, 0.2) is 12.3 Å². The summed E-state index contributed by atoms with van der Waals surface area (Å²) in [6.45, 7) is 1.49. The Morgan fingerprint density at radius 1 is 1.82 bits per heavy atom. The molecule has 58 valence electrons. The van der Waals surface area contributed by atoms with Gasteiger partial charge in [0.05, 0.1) is 6.20 Å². The van der Waals surface area contributed by atoms with Gasteiger partial charge in [0.25, 0.3) is 0 Å². The number of hydrogen-bond acceptors (Lipinski definition) is 3. The van der Waals surface area contributed by atoms with Crippen LogP contribution in [0, 0.1) is 0 Å². The lowest BCUT2D eigenvalue weighted by Gasteiger charge is -1.78. The van der Waals surface area contributed by atoms with Crippen molar-refractivity contribution in [2.45, 2.75) is 6.92 Å². The van der Waals surface area contributed by atoms with Crippen molar-refractivity contribution in [1.29, 1.82) is 0 Å². The van der Waals surface area contributed by atoms with E-state index < -0.39 is 0 Å². The molecule has 2 nitrogen and oxygen atoms in total. The summed E-state index contributed by atoms with van der Waals surface area (Å²) in [5.41, 5.74) is 0. The van der Waals surface area contributed by atoms with Crippen LogP contribution in [-0.2, 0) is 4.79 Å². The highest BCUT2D eigenvalue weighted by Gasteiger charge is 1.94. The van der Waals surface area contributed by atoms with Crippen LogP contribution in [0.2, 0.25) is 4.34 Å². The van der Waals surface area contributed by atoms with Gasteiger partial charge in [-0.3, -0.25) is 4.79 Å². The van der Waals surface area contributed by atoms with Crippen molar-refractivity contribution in [2.24, 2.45) is 0 Å². The number of thiazole rings is 1. The van der Waals surface area contributed by atoms with Gasteiger partial charge in [0.15, 0.2) is 5.78 Å². The van der Waals surface area contributed by atoms with Gasteiger partial charge in [0, 0.05) is 0 Å². The van der Waals surface area contributed by atoms with Crippen molar-refractivity contribution >= 4 is 34.8 Å². The first-order valence-corrected chi connectivity index (χ1v) is 4.18. The molecule has 0 amide bonds. The first-order chi connectivity index (χ1) is 5.18. The van der Waals surface area contributed by atoms with E-state index in [4.69, 9.17) is 11.6 Å². The van der Waals surface area contributed by atoms with Gasteiger partial charge in [-0.25, -0.2) is 4.98 Å². The predicted molar refractivity (Wildman–Crippen MR) is 46.8 cm³/mol. The average Bonchev–Trinajstić information content (AvgIpc) is 2.31. The van der Waals surface area contributed by atoms with E-state index in [1.807, 2.05) is 0 Å². The Bertz CT molecular complexity index is 292. The van der Waals surface area contributed by atoms with E-state index in [9.17, 15) is 4.79 Å². The van der Waals surface area contributed by atoms with Gasteiger partial charge < -0.3 is 0 Å². The minimum absolute atomic E-state index is 0.0105. The van der Waals surface area contributed by atoms with E-state index in [1.165, 1.54) is 24.3 Å². The molecule has 0 aromatic carbocycles. The van der Waals surface area contributed by atoms with Crippen LogP contribution in [0.1, 0.15) is 11.9 Å². The molecule has 0 saturated carbocycles. The Kier molecular flexibility index (Phi) is 2.79. The largest absolute Gasteiger partial charge is 0.295 e. The molecular formula is C7H6ClNOS. The molecule has 0 fully saturated rings. The van der Waals surface area contributed by atoms with Crippen molar-refractivity contribution in [3.8, 4) is 0 Å². The number of halogens is 1. The summed E-state index contributed by atoms with van der Waals surface area (Å²) in [4.78, 5) is 14.4. The van der Waals surface area contributed by atoms with Crippen molar-refractivity contribution < 1.29 is 4.79 Å². The number of allylic oxidation sites excluding steroid dienone is 1. The van der Waals surface area contributed by atoms with Crippen molar-refractivity contribution in [2.75, 3.05) is 0 Å². The molecular weight excluding hydrogens is 182 g/mol. The molecule has 0 aliphatic carbocycles. The Balaban J connectivity index is 2.71. The van der Waals surface area contributed by atoms with Gasteiger partial charge in [-0.2, -0.15) is 0 Å². The molecule has 1 aromatic heterocycles. The van der Waals surface area contributed by atoms with E-state index in [2.05, 4.69) is 4.98 Å². The smallest absolute Gasteiger partial charge is 0.152 e. The summed E-state index contributed by atoms with van der Waals surface area (Å²) < 4.78 is 0.633. The van der Waals surface area contributed by atoms with Gasteiger partial charge >= 0.3 is 0 Å². The quantitative estimate of drug-likeness (QED) is 0.666. The van der Waals surface area contributed by atoms with Crippen LogP contribution in [0.4, 0.5) is 0 Å². The maximum absolute atomic E-state index is 10.5. The highest BCUT2D eigenvalue weighted by atomic mass is 35.5. The van der Waals surface area contributed by atoms with Crippen molar-refractivity contribution in [3.63, 3.8) is 0 Å². The summed E-state index contributed by atoms with van der Waals surface area (Å²) in [6.07, 6.45) is 4.68. The summed E-state index contributed by atoms with van der Waals surface area (Å²) in [5, 5.41) is 0.755. The number of aromatic nitrogens is 1. The lowest BCUT2D eigenvalue weighted by atomic mass is 10.4. The monoisotopic (exact) mass is 187 g/mol. The Hall–Kier alpha value is -0.670. The first kappa shape index (κ1) is 8.43. The highest BCUT2D eigenvalue weighted by molar-refractivity contribution is 7.16. The number of rotatable bonds is 2. The molecule has 0 spiro atoms. The molecule has 0 radical (unpaired) electrons. The molecule has 11 heavy (non-hydrogen) atoms. The molecule has 0 aliphatic heterocycles. The van der Waals surface area contributed by atoms with Crippen LogP contribution in [0.5, 0.6) is 0 Å². The fourth-order valence-electron chi connectivity index (χ4n) is 0.533. The third kappa shape index (κ3) is 2.82. The minimum Gasteiger partial charge on any atom is -0.295 e. The van der Waals surface area contributed by atoms with Crippen molar-refractivity contribution in [1.82, 2.24) is 4.98 Å². The normalized spacial score (nSPS) is 10.7. The predicted octanol–water partition coefficient (Wildman–Crippen LogP) is 2.40. The number of carbonyl (C=O) groups excluding carboxylic acids is 1. The zero-order chi connectivity index (χ0) is 8.27. The molecule has 0 N–H and O–H groups in total. The summed E-state index contributed by atoms with van der Waals surface area (Å²) in [5.74, 6) is 0.0105. The van der Waals surface area contributed by atoms with Gasteiger partial charge in [-0.15, -0.1) is 11.3 Å². The van der Waals surface area contributed by atoms with Crippen LogP contribution < -0.4 is 0 Å². The van der Waals surface area contributed by atoms with Crippen molar-refractivity contribution in [3.05, 3.63) is 21.6 Å². The zero-order valence-corrected chi connectivity index (χ0v) is 7.45. The van der Waals surface area contributed by atoms with Gasteiger partial charge in [0.2, 0.25) is 0 Å². The first-order valence-electron chi connectivity index (χ1n) is 2.98. The third-order valence-electron chi connectivity index (χ3n) is 0.956. The van der Waals surface area contributed by atoms with E-state index >= 15 is 0 Å². The van der Waals surface area contributed by atoms with E-state index in [0.717, 1.165) is 5.01 Å². The summed E-state index contributed by atoms with van der Waals surface area (Å²) >= 11 is 6.96. The molecule has 1 rings (SSSR count). The second-order valence-corrected chi connectivity index (χ2v) is 3.64. The molecule has 4 heteroatoms. The van der Waals surface area contributed by atoms with E-state index in [0.29, 0.717) is 4.34 Å². The molecule has 0 aliphatic rings. The van der Waals surface area contributed by atoms with Crippen LogP contribution in [-0.4, -0.2) is 10.8 Å². The molecule has 1 heterocycles. The average molecular weight is 188 g/mol. The second-order valence-electron chi connectivity index (χ2n) is 1.95. The number of hydrogen-bond donors (Lipinski definition) is 0. The topological polar surface area (TPSA) is 30.0 Å². The Morgan fingerprint density at radius 2 is 2.55 bits per heavy atom. The Labute approximate surface area is 73.5 Å². The van der Waals surface area contributed by atoms with E-state index in [1.54, 1.807) is 12.3 Å². The van der Waals surface area contributed by atoms with Gasteiger partial charge in [-0.1, -0.05) is 11.6 Å². The SMILES string of the molecule is CC(=O)/C=C/c1ncc(Cl)s1. The molecule has 0 atom stereocenters. The maximum Gasteiger partial charge on any atom is 0.152 e. The molecule has 0 saturated heterocycles. The maximum atomic E-state index is 10.5. The highest BCUT2D eigenvalue weighted by Crippen LogP contribution is 2.18. The Morgan fingerprint density at radius 3 is 3.00 bits per heavy atom. The molecule has 0 bridgehead atoms. The third-order valence-corrected chi connectivity index (χ3v) is 2.04. The van der Waals surface area contributed by atoms with Crippen LogP contribution in [0.3, 0.4) is 0 Å². The lowest BCUT2D eigenvalue weighted by Crippen LogP contribution is -1.78. The van der Waals surface area contributed by atoms with Crippen LogP contribution >= 0.6 is 22.9 Å². The van der Waals surface area contributed by atoms with E-state index in [-0.39, 0.29) is 5.78 Å². The molecule has 0 unspecified atom stereocenters. The summed E-state index contributed by atoms with van der Waals surface area (Å²) in [7, 11) is 0. The fourth-order valence-corrected chi connectivity index (χ4v) is 1.37. The number of nitrogens with zero attached hydrogens (tertiary/aromatic N) is 1. The minimum atomic E-state index is 0.0105.